The molecule has 2 aliphatic heterocycles. The second-order valence-electron chi connectivity index (χ2n) is 7.97. The molecule has 2 aromatic rings. The first-order chi connectivity index (χ1) is 13.2. The van der Waals surface area contributed by atoms with Gasteiger partial charge in [0.2, 0.25) is 0 Å². The topological polar surface area (TPSA) is 26.7 Å². The van der Waals surface area contributed by atoms with Crippen molar-refractivity contribution in [3.8, 4) is 0 Å². The van der Waals surface area contributed by atoms with E-state index in [4.69, 9.17) is 0 Å². The monoisotopic (exact) mass is 440 g/mol. The summed E-state index contributed by atoms with van der Waals surface area (Å²) in [6.07, 6.45) is 2.76. The van der Waals surface area contributed by atoms with Crippen LogP contribution in [-0.2, 0) is 6.54 Å². The van der Waals surface area contributed by atoms with E-state index in [9.17, 15) is 9.50 Å². The predicted molar refractivity (Wildman–Crippen MR) is 121 cm³/mol. The third-order valence-electron chi connectivity index (χ3n) is 6.25. The average Bonchev–Trinajstić information content (AvgIpc) is 2.72. The molecule has 0 aliphatic carbocycles. The molecule has 2 aliphatic rings. The average molecular weight is 441 g/mol. The summed E-state index contributed by atoms with van der Waals surface area (Å²) < 4.78 is 14.0. The third kappa shape index (κ3) is 5.93. The van der Waals surface area contributed by atoms with Gasteiger partial charge in [0.1, 0.15) is 5.82 Å². The van der Waals surface area contributed by atoms with Gasteiger partial charge in [0.25, 0.3) is 0 Å². The fraction of sp³-hybridized carbons (Fsp3) is 0.478. The molecule has 2 heterocycles. The van der Waals surface area contributed by atoms with Gasteiger partial charge in [-0.15, -0.1) is 24.8 Å². The van der Waals surface area contributed by atoms with Gasteiger partial charge >= 0.3 is 0 Å². The number of halogens is 3. The van der Waals surface area contributed by atoms with Crippen LogP contribution in [0.2, 0.25) is 0 Å². The van der Waals surface area contributed by atoms with Gasteiger partial charge < -0.3 is 5.11 Å². The van der Waals surface area contributed by atoms with Crippen molar-refractivity contribution in [1.29, 1.82) is 0 Å². The Morgan fingerprint density at radius 3 is 2.21 bits per heavy atom. The molecule has 29 heavy (non-hydrogen) atoms. The standard InChI is InChI=1S/C23H29FN2O.2ClH/c24-21-9-5-4-8-20(21)16-25-13-12-23(27)22(17-25)26-14-10-19(11-15-26)18-6-2-1-3-7-18;;/h1-9,19,22-23,27H,10-17H2;2*1H/t22-,23-;;/m1../s1. The molecule has 2 aromatic carbocycles. The molecule has 3 nitrogen and oxygen atoms in total. The highest BCUT2D eigenvalue weighted by molar-refractivity contribution is 5.85. The molecule has 0 radical (unpaired) electrons. The van der Waals surface area contributed by atoms with Crippen molar-refractivity contribution in [2.75, 3.05) is 26.2 Å². The molecular weight excluding hydrogens is 410 g/mol. The second kappa shape index (κ2) is 11.3. The smallest absolute Gasteiger partial charge is 0.127 e. The Bertz CT molecular complexity index is 741. The van der Waals surface area contributed by atoms with Crippen LogP contribution in [0.3, 0.4) is 0 Å². The van der Waals surface area contributed by atoms with Gasteiger partial charge in [0, 0.05) is 31.2 Å². The van der Waals surface area contributed by atoms with Crippen LogP contribution in [0.5, 0.6) is 0 Å². The Balaban J connectivity index is 0.00000150. The minimum atomic E-state index is -0.282. The number of likely N-dealkylation sites (tertiary alicyclic amines) is 2. The summed E-state index contributed by atoms with van der Waals surface area (Å²) in [6.45, 7) is 4.30. The largest absolute Gasteiger partial charge is 0.391 e. The summed E-state index contributed by atoms with van der Waals surface area (Å²) in [7, 11) is 0. The fourth-order valence-corrected chi connectivity index (χ4v) is 4.64. The molecule has 1 N–H and O–H groups in total. The van der Waals surface area contributed by atoms with Crippen molar-refractivity contribution in [3.05, 3.63) is 71.5 Å². The lowest BCUT2D eigenvalue weighted by Crippen LogP contribution is -2.56. The highest BCUT2D eigenvalue weighted by Crippen LogP contribution is 2.30. The Hall–Kier alpha value is -1.17. The van der Waals surface area contributed by atoms with Crippen molar-refractivity contribution in [3.63, 3.8) is 0 Å². The summed E-state index contributed by atoms with van der Waals surface area (Å²) in [5.74, 6) is 0.488. The summed E-state index contributed by atoms with van der Waals surface area (Å²) in [5.41, 5.74) is 2.18. The van der Waals surface area contributed by atoms with Crippen LogP contribution < -0.4 is 0 Å². The molecule has 0 aromatic heterocycles. The number of hydrogen-bond acceptors (Lipinski definition) is 3. The van der Waals surface area contributed by atoms with Gasteiger partial charge in [-0.3, -0.25) is 9.80 Å². The first-order valence-corrected chi connectivity index (χ1v) is 10.1. The highest BCUT2D eigenvalue weighted by atomic mass is 35.5. The summed E-state index contributed by atoms with van der Waals surface area (Å²) in [5, 5.41) is 10.6. The summed E-state index contributed by atoms with van der Waals surface area (Å²) in [4.78, 5) is 4.75. The van der Waals surface area contributed by atoms with E-state index in [-0.39, 0.29) is 42.8 Å². The van der Waals surface area contributed by atoms with Crippen LogP contribution in [0.4, 0.5) is 4.39 Å². The Kier molecular flexibility index (Phi) is 9.38. The first-order valence-electron chi connectivity index (χ1n) is 10.1. The SMILES string of the molecule is Cl.Cl.O[C@@H]1CCN(Cc2ccccc2F)C[C@H]1N1CCC(c2ccccc2)CC1. The van der Waals surface area contributed by atoms with Gasteiger partial charge in [-0.25, -0.2) is 4.39 Å². The van der Waals surface area contributed by atoms with Crippen LogP contribution in [0, 0.1) is 5.82 Å². The van der Waals surface area contributed by atoms with Gasteiger partial charge in [-0.1, -0.05) is 48.5 Å². The van der Waals surface area contributed by atoms with Crippen molar-refractivity contribution in [2.45, 2.75) is 43.9 Å². The molecule has 0 saturated carbocycles. The highest BCUT2D eigenvalue weighted by Gasteiger charge is 2.34. The molecule has 160 valence electrons. The van der Waals surface area contributed by atoms with Crippen LogP contribution >= 0.6 is 24.8 Å². The fourth-order valence-electron chi connectivity index (χ4n) is 4.64. The van der Waals surface area contributed by atoms with E-state index in [0.717, 1.165) is 51.0 Å². The Labute approximate surface area is 185 Å². The molecule has 0 unspecified atom stereocenters. The molecule has 2 atom stereocenters. The molecular formula is C23H31Cl2FN2O. The van der Waals surface area contributed by atoms with Crippen LogP contribution in [0.25, 0.3) is 0 Å². The Morgan fingerprint density at radius 1 is 0.862 bits per heavy atom. The molecule has 4 rings (SSSR count). The number of benzene rings is 2. The van der Waals surface area contributed by atoms with Crippen molar-refractivity contribution < 1.29 is 9.50 Å². The number of rotatable bonds is 4. The molecule has 0 amide bonds. The van der Waals surface area contributed by atoms with E-state index in [1.54, 1.807) is 6.07 Å². The predicted octanol–water partition coefficient (Wildman–Crippen LogP) is 4.48. The third-order valence-corrected chi connectivity index (χ3v) is 6.25. The minimum Gasteiger partial charge on any atom is -0.391 e. The van der Waals surface area contributed by atoms with E-state index in [1.807, 2.05) is 12.1 Å². The maximum absolute atomic E-state index is 14.0. The number of nitrogens with zero attached hydrogens (tertiary/aromatic N) is 2. The molecule has 6 heteroatoms. The number of hydrogen-bond donors (Lipinski definition) is 1. The summed E-state index contributed by atoms with van der Waals surface area (Å²) in [6, 6.07) is 17.9. The number of piperidine rings is 2. The van der Waals surface area contributed by atoms with E-state index in [1.165, 1.54) is 11.6 Å². The van der Waals surface area contributed by atoms with E-state index >= 15 is 0 Å². The van der Waals surface area contributed by atoms with E-state index in [0.29, 0.717) is 12.5 Å². The van der Waals surface area contributed by atoms with Crippen molar-refractivity contribution in [1.82, 2.24) is 9.80 Å². The van der Waals surface area contributed by atoms with Gasteiger partial charge in [0.15, 0.2) is 0 Å². The van der Waals surface area contributed by atoms with Crippen LogP contribution in [0.1, 0.15) is 36.3 Å². The lowest BCUT2D eigenvalue weighted by atomic mass is 9.88. The normalized spacial score (nSPS) is 23.8. The van der Waals surface area contributed by atoms with E-state index < -0.39 is 0 Å². The Morgan fingerprint density at radius 2 is 1.52 bits per heavy atom. The molecule has 0 bridgehead atoms. The lowest BCUT2D eigenvalue weighted by molar-refractivity contribution is -0.0224. The molecule has 2 saturated heterocycles. The molecule has 0 spiro atoms. The second-order valence-corrected chi connectivity index (χ2v) is 7.97. The number of aliphatic hydroxyl groups is 1. The quantitative estimate of drug-likeness (QED) is 0.758. The zero-order valence-electron chi connectivity index (χ0n) is 16.6. The van der Waals surface area contributed by atoms with Gasteiger partial charge in [-0.05, 0) is 49.9 Å². The van der Waals surface area contributed by atoms with Crippen molar-refractivity contribution >= 4 is 24.8 Å². The first kappa shape index (κ1) is 24.1. The zero-order valence-corrected chi connectivity index (χ0v) is 18.3. The lowest BCUT2D eigenvalue weighted by Gasteiger charge is -2.45. The van der Waals surface area contributed by atoms with E-state index in [2.05, 4.69) is 40.1 Å². The maximum atomic E-state index is 14.0. The molecule has 2 fully saturated rings. The van der Waals surface area contributed by atoms with Crippen LogP contribution in [0.15, 0.2) is 54.6 Å². The maximum Gasteiger partial charge on any atom is 0.127 e. The zero-order chi connectivity index (χ0) is 18.6. The number of aliphatic hydroxyl groups excluding tert-OH is 1. The summed E-state index contributed by atoms with van der Waals surface area (Å²) >= 11 is 0. The van der Waals surface area contributed by atoms with Gasteiger partial charge in [-0.2, -0.15) is 0 Å². The van der Waals surface area contributed by atoms with Gasteiger partial charge in [0.05, 0.1) is 6.10 Å². The van der Waals surface area contributed by atoms with Crippen molar-refractivity contribution in [2.24, 2.45) is 0 Å². The van der Waals surface area contributed by atoms with Crippen LogP contribution in [-0.4, -0.2) is 53.2 Å². The minimum absolute atomic E-state index is 0.